The topological polar surface area (TPSA) is 297 Å². The number of nitrogens with zero attached hydrogens (tertiary/aromatic N) is 4. The first kappa shape index (κ1) is 126. The minimum Gasteiger partial charge on any atom is -1.00 e. The Balaban J connectivity index is -0.000000136. The van der Waals surface area contributed by atoms with Gasteiger partial charge in [0.1, 0.15) is 5.78 Å². The number of unbranched alkanes of at least 4 members (excludes halogenated alkanes) is 2. The number of halogens is 2. The summed E-state index contributed by atoms with van der Waals surface area (Å²) in [6.45, 7) is 50.3. The third-order valence-corrected chi connectivity index (χ3v) is 30.3. The number of rotatable bonds is 55. The average molecular weight is 1700 g/mol. The minimum absolute atomic E-state index is 0. The molecule has 0 atom stereocenters. The van der Waals surface area contributed by atoms with Gasteiger partial charge in [-0.05, 0) is 169 Å². The van der Waals surface area contributed by atoms with Crippen LogP contribution >= 0.6 is 0 Å². The molecule has 0 fully saturated rings. The standard InChI is InChI=1S/C15H33NO4Si2.3C12H26N2O.C11H24O4Si.C9H18O5Si.C8H16N2O.2ClH/c1-7-14(17)16-10-9-12-21(3,4)20-22(5,6)13-11-19-15(18)8-2;1-6-11(7-2)12(15)13-9-8-10-14(3,4)5;2*1-5-11(6-2)12(15)13-9-8-10-14(4)7-3;1-5-11(12)9-7-6-8-10-16(13-2,14-3)15-4;1-8(2)9(10)14-6-5-7-15(11,12-3)13-4;1-5-8(11)9-6-7-10(2,3)4;;/h7-13H2,1-6H3,(H,16,17);11H,6-10H2,1-5H3;2*11H,5-10H2,1-4H3,(H,13,15);5-10H2,1-4H3;11H,1,5-7H2,2-4H3;5H,1,6-7H2,2-4H3;2*1H/p+1. The van der Waals surface area contributed by atoms with E-state index in [4.69, 9.17) is 35.7 Å². The van der Waals surface area contributed by atoms with Crippen LogP contribution in [0.2, 0.25) is 50.4 Å². The van der Waals surface area contributed by atoms with Gasteiger partial charge in [-0.25, -0.2) is 4.79 Å². The Morgan fingerprint density at radius 2 is 0.892 bits per heavy atom. The van der Waals surface area contributed by atoms with Crippen molar-refractivity contribution in [1.29, 1.82) is 0 Å². The fraction of sp³-hybridized carbons (Fsp3) is 0.848. The zero-order valence-electron chi connectivity index (χ0n) is 77.0. The molecule has 111 heavy (non-hydrogen) atoms. The zero-order valence-corrected chi connectivity index (χ0v) is 81.5. The van der Waals surface area contributed by atoms with E-state index < -0.39 is 40.2 Å². The number of quaternary nitrogens is 2. The Hall–Kier alpha value is -3.55. The van der Waals surface area contributed by atoms with Gasteiger partial charge in [-0.3, -0.25) is 33.6 Å². The summed E-state index contributed by atoms with van der Waals surface area (Å²) < 4.78 is 43.9. The molecule has 0 bridgehead atoms. The Bertz CT molecular complexity index is 2290. The molecule has 0 rings (SSSR count). The third-order valence-electron chi connectivity index (χ3n) is 17.8. The second kappa shape index (κ2) is 77.7. The molecule has 0 aromatic rings. The molecule has 26 nitrogen and oxygen atoms in total. The average Bonchev–Trinajstić information content (AvgIpc) is 0.894. The van der Waals surface area contributed by atoms with E-state index >= 15 is 0 Å². The van der Waals surface area contributed by atoms with Crippen LogP contribution in [0.25, 0.3) is 0 Å². The van der Waals surface area contributed by atoms with Crippen LogP contribution in [0.1, 0.15) is 200 Å². The number of hydrogen-bond donors (Lipinski definition) is 6. The molecule has 5 amide bonds. The molecule has 0 aliphatic carbocycles. The van der Waals surface area contributed by atoms with E-state index in [0.717, 1.165) is 176 Å². The first-order valence-corrected chi connectivity index (χ1v) is 50.7. The summed E-state index contributed by atoms with van der Waals surface area (Å²) in [5.74, 6) is 1.06. The van der Waals surface area contributed by atoms with Crippen molar-refractivity contribution >= 4 is 81.5 Å². The fourth-order valence-electron chi connectivity index (χ4n) is 9.87. The third kappa shape index (κ3) is 82.8. The van der Waals surface area contributed by atoms with Crippen LogP contribution in [0.3, 0.4) is 0 Å². The van der Waals surface area contributed by atoms with Gasteiger partial charge in [-0.1, -0.05) is 95.7 Å². The quantitative estimate of drug-likeness (QED) is 0.0135. The largest absolute Gasteiger partial charge is 1.00 e. The first-order chi connectivity index (χ1) is 50.9. The summed E-state index contributed by atoms with van der Waals surface area (Å²) in [6, 6.07) is 3.05. The Labute approximate surface area is 696 Å². The highest BCUT2D eigenvalue weighted by molar-refractivity contribution is 6.84. The zero-order chi connectivity index (χ0) is 85.7. The maximum absolute atomic E-state index is 11.6. The minimum atomic E-state index is -3.01. The SMILES string of the molecule is C=C(C)C(=O)OCCC[Si](O)(OC)OC.C=CC(=O)NCC[N+](C)(C)C.CCC(=O)CCCCC[Si](OC)(OC)OC.CCC(=O)NCCC[Si](C)(C)O[Si](C)(C)CCOC(=O)CC.CCC(CC)C(=O)NCCCN(C)CC.CCC(CC)C(=O)NCCCN(C)CC.CCC(CC)C(=O)NCCC[N+](C)(C)C.[Cl-].[Cl-].[H+]. The van der Waals surface area contributed by atoms with Crippen molar-refractivity contribution < 1.29 is 114 Å². The van der Waals surface area contributed by atoms with Crippen LogP contribution < -0.4 is 51.4 Å². The molecule has 0 unspecified atom stereocenters. The summed E-state index contributed by atoms with van der Waals surface area (Å²) >= 11 is 0. The number of hydrogen-bond acceptors (Lipinski definition) is 19. The lowest BCUT2D eigenvalue weighted by Gasteiger charge is -2.34. The van der Waals surface area contributed by atoms with E-state index in [1.807, 2.05) is 13.8 Å². The lowest BCUT2D eigenvalue weighted by molar-refractivity contribution is -0.870. The van der Waals surface area contributed by atoms with Crippen LogP contribution in [-0.4, -0.2) is 282 Å². The molecular formula is C79H172Cl2N9O17Si4+. The van der Waals surface area contributed by atoms with Crippen molar-refractivity contribution in [3.8, 4) is 0 Å². The van der Waals surface area contributed by atoms with Crippen LogP contribution in [0.5, 0.6) is 0 Å². The number of carbonyl (C=O) groups is 8. The maximum atomic E-state index is 11.6. The van der Waals surface area contributed by atoms with Crippen LogP contribution in [0, 0.1) is 17.8 Å². The van der Waals surface area contributed by atoms with E-state index in [1.165, 1.54) is 20.3 Å². The van der Waals surface area contributed by atoms with Crippen molar-refractivity contribution in [3.63, 3.8) is 0 Å². The molecule has 0 saturated heterocycles. The summed E-state index contributed by atoms with van der Waals surface area (Å²) in [7, 11) is 15.7. The highest BCUT2D eigenvalue weighted by Gasteiger charge is 2.37. The lowest BCUT2D eigenvalue weighted by Crippen LogP contribution is -3.00. The van der Waals surface area contributed by atoms with E-state index in [9.17, 15) is 43.2 Å². The number of nitrogens with one attached hydrogen (secondary N) is 5. The second-order valence-corrected chi connectivity index (χ2v) is 45.1. The van der Waals surface area contributed by atoms with Gasteiger partial charge in [-0.15, -0.1) is 0 Å². The van der Waals surface area contributed by atoms with Crippen LogP contribution in [-0.2, 0) is 74.1 Å². The van der Waals surface area contributed by atoms with Gasteiger partial charge in [0.05, 0.1) is 75.1 Å². The number of carbonyl (C=O) groups excluding carboxylic acids is 8. The first-order valence-electron chi connectivity index (χ1n) is 40.5. The van der Waals surface area contributed by atoms with Gasteiger partial charge in [0.15, 0.2) is 16.6 Å². The molecule has 664 valence electrons. The van der Waals surface area contributed by atoms with Crippen molar-refractivity contribution in [2.45, 2.75) is 249 Å². The summed E-state index contributed by atoms with van der Waals surface area (Å²) in [5, 5.41) is 14.6. The van der Waals surface area contributed by atoms with E-state index in [2.05, 4.69) is 188 Å². The van der Waals surface area contributed by atoms with E-state index in [1.54, 1.807) is 35.2 Å². The molecule has 32 heteroatoms. The second-order valence-electron chi connectivity index (χ2n) is 30.4. The number of likely N-dealkylation sites (N-methyl/N-ethyl adjacent to an activating group) is 1. The van der Waals surface area contributed by atoms with Gasteiger partial charge in [0, 0.05) is 129 Å². The number of ether oxygens (including phenoxy) is 2. The Morgan fingerprint density at radius 3 is 1.24 bits per heavy atom. The molecular weight excluding hydrogens is 1530 g/mol. The molecule has 0 radical (unpaired) electrons. The highest BCUT2D eigenvalue weighted by atomic mass is 35.5. The molecule has 0 saturated carbocycles. The molecule has 0 spiro atoms. The number of Topliss-reactive ketones (excluding diaryl/α,β-unsaturated/α-hetero) is 1. The van der Waals surface area contributed by atoms with Crippen molar-refractivity contribution in [3.05, 3.63) is 24.8 Å². The number of esters is 2. The Morgan fingerprint density at radius 1 is 0.477 bits per heavy atom. The van der Waals surface area contributed by atoms with E-state index in [0.29, 0.717) is 62.7 Å². The smallest absolute Gasteiger partial charge is 1.00 e. The maximum Gasteiger partial charge on any atom is 1.00 e. The van der Waals surface area contributed by atoms with Gasteiger partial charge in [0.25, 0.3) is 0 Å². The molecule has 0 aromatic heterocycles. The lowest BCUT2D eigenvalue weighted by atomic mass is 10.0. The summed E-state index contributed by atoms with van der Waals surface area (Å²) in [5.41, 5.74) is 0.362. The fourth-order valence-corrected chi connectivity index (χ4v) is 21.3. The molecule has 6 N–H and O–H groups in total. The van der Waals surface area contributed by atoms with Crippen LogP contribution in [0.4, 0.5) is 0 Å². The summed E-state index contributed by atoms with van der Waals surface area (Å²) in [4.78, 5) is 104. The van der Waals surface area contributed by atoms with Crippen LogP contribution in [0.15, 0.2) is 24.8 Å². The van der Waals surface area contributed by atoms with E-state index in [-0.39, 0.29) is 86.1 Å². The molecule has 0 heterocycles. The predicted octanol–water partition coefficient (Wildman–Crippen LogP) is 5.92. The molecule has 0 aliphatic rings. The summed E-state index contributed by atoms with van der Waals surface area (Å²) in [6.07, 6.45) is 16.8. The van der Waals surface area contributed by atoms with Crippen molar-refractivity contribution in [2.75, 3.05) is 177 Å². The normalized spacial score (nSPS) is 11.3. The highest BCUT2D eigenvalue weighted by Crippen LogP contribution is 2.23. The predicted molar refractivity (Wildman–Crippen MR) is 459 cm³/mol. The Kier molecular flexibility index (Phi) is 87.9. The van der Waals surface area contributed by atoms with Gasteiger partial charge in [0.2, 0.25) is 29.5 Å². The van der Waals surface area contributed by atoms with Gasteiger partial charge >= 0.3 is 31.0 Å². The van der Waals surface area contributed by atoms with Crippen molar-refractivity contribution in [2.24, 2.45) is 17.8 Å². The van der Waals surface area contributed by atoms with Crippen molar-refractivity contribution in [1.82, 2.24) is 36.4 Å². The van der Waals surface area contributed by atoms with Gasteiger partial charge < -0.3 is 111 Å². The number of ketones is 1. The number of amides is 5. The molecule has 0 aromatic carbocycles. The molecule has 0 aliphatic heterocycles. The monoisotopic (exact) mass is 1700 g/mol. The van der Waals surface area contributed by atoms with Gasteiger partial charge in [-0.2, -0.15) is 0 Å².